The molecule has 0 unspecified atom stereocenters. The lowest BCUT2D eigenvalue weighted by atomic mass is 9.51. The van der Waals surface area contributed by atoms with Gasteiger partial charge in [-0.25, -0.2) is 0 Å². The number of rotatable bonds is 3. The van der Waals surface area contributed by atoms with E-state index >= 15 is 0 Å². The summed E-state index contributed by atoms with van der Waals surface area (Å²) in [4.78, 5) is 11.9. The molecule has 3 rings (SSSR count). The Balaban J connectivity index is 2.34. The molecule has 18 heavy (non-hydrogen) atoms. The quantitative estimate of drug-likeness (QED) is 0.619. The second-order valence-electron chi connectivity index (χ2n) is 6.10. The van der Waals surface area contributed by atoms with Gasteiger partial charge in [0.2, 0.25) is 0 Å². The van der Waals surface area contributed by atoms with Gasteiger partial charge >= 0.3 is 0 Å². The lowest BCUT2D eigenvalue weighted by Gasteiger charge is -2.55. The number of ketones is 1. The maximum absolute atomic E-state index is 12.2. The molecular formula is C11H18BrNO4S. The van der Waals surface area contributed by atoms with Crippen molar-refractivity contribution in [3.63, 3.8) is 0 Å². The number of alkyl halides is 1. The first kappa shape index (κ1) is 14.4. The standard InChI is InChI=1S/C11H18BrNO4S/c1-10-4-3-7(8(12)9(10)14)11(2,5-10)6-18(15,16)17-13/h7-8H,3-6,13H2,1-2H3/t7-,8+,10-,11+/m0/s1. The van der Waals surface area contributed by atoms with Crippen molar-refractivity contribution in [2.75, 3.05) is 5.75 Å². The van der Waals surface area contributed by atoms with Crippen molar-refractivity contribution in [3.05, 3.63) is 0 Å². The first-order valence-electron chi connectivity index (χ1n) is 5.93. The fraction of sp³-hybridized carbons (Fsp3) is 0.909. The van der Waals surface area contributed by atoms with Gasteiger partial charge in [0.05, 0.1) is 10.6 Å². The van der Waals surface area contributed by atoms with Crippen LogP contribution in [-0.2, 0) is 19.2 Å². The zero-order valence-corrected chi connectivity index (χ0v) is 12.9. The van der Waals surface area contributed by atoms with Crippen molar-refractivity contribution in [2.24, 2.45) is 22.6 Å². The van der Waals surface area contributed by atoms with Crippen LogP contribution in [-0.4, -0.2) is 24.8 Å². The van der Waals surface area contributed by atoms with E-state index in [0.29, 0.717) is 6.42 Å². The lowest BCUT2D eigenvalue weighted by molar-refractivity contribution is -0.143. The van der Waals surface area contributed by atoms with E-state index in [1.165, 1.54) is 0 Å². The largest absolute Gasteiger partial charge is 0.298 e. The van der Waals surface area contributed by atoms with Gasteiger partial charge in [0.15, 0.2) is 5.78 Å². The summed E-state index contributed by atoms with van der Waals surface area (Å²) >= 11 is 3.43. The molecule has 3 aliphatic rings. The minimum absolute atomic E-state index is 0.0248. The highest BCUT2D eigenvalue weighted by Gasteiger charge is 2.59. The molecule has 0 aliphatic heterocycles. The molecule has 3 fully saturated rings. The van der Waals surface area contributed by atoms with Crippen molar-refractivity contribution in [2.45, 2.75) is 37.9 Å². The average Bonchev–Trinajstić information content (AvgIpc) is 2.24. The van der Waals surface area contributed by atoms with Crippen LogP contribution >= 0.6 is 15.9 Å². The molecule has 2 N–H and O–H groups in total. The summed E-state index contributed by atoms with van der Waals surface area (Å²) in [5, 5.41) is 0. The highest BCUT2D eigenvalue weighted by Crippen LogP contribution is 2.59. The molecule has 0 saturated heterocycles. The van der Waals surface area contributed by atoms with Gasteiger partial charge in [-0.1, -0.05) is 29.8 Å². The number of hydrogen-bond acceptors (Lipinski definition) is 5. The molecule has 0 aromatic heterocycles. The lowest BCUT2D eigenvalue weighted by Crippen LogP contribution is -2.58. The summed E-state index contributed by atoms with van der Waals surface area (Å²) in [6, 6.07) is 0. The zero-order valence-electron chi connectivity index (χ0n) is 10.5. The van der Waals surface area contributed by atoms with Crippen LogP contribution in [0.25, 0.3) is 0 Å². The van der Waals surface area contributed by atoms with Gasteiger partial charge in [-0.2, -0.15) is 18.6 Å². The second-order valence-corrected chi connectivity index (χ2v) is 8.68. The molecule has 4 atom stereocenters. The molecule has 0 aromatic carbocycles. The summed E-state index contributed by atoms with van der Waals surface area (Å²) in [7, 11) is -3.72. The molecule has 0 spiro atoms. The third-order valence-corrected chi connectivity index (χ3v) is 6.91. The third-order valence-electron chi connectivity index (χ3n) is 4.55. The Labute approximate surface area is 116 Å². The molecular weight excluding hydrogens is 322 g/mol. The maximum Gasteiger partial charge on any atom is 0.283 e. The van der Waals surface area contributed by atoms with Gasteiger partial charge in [-0.3, -0.25) is 4.79 Å². The molecule has 0 radical (unpaired) electrons. The Morgan fingerprint density at radius 1 is 1.50 bits per heavy atom. The van der Waals surface area contributed by atoms with Gasteiger partial charge in [-0.05, 0) is 30.6 Å². The van der Waals surface area contributed by atoms with Gasteiger partial charge in [0.1, 0.15) is 0 Å². The fourth-order valence-corrected chi connectivity index (χ4v) is 6.40. The summed E-state index contributed by atoms with van der Waals surface area (Å²) in [5.41, 5.74) is -0.894. The van der Waals surface area contributed by atoms with Gasteiger partial charge in [-0.15, -0.1) is 0 Å². The van der Waals surface area contributed by atoms with Crippen LogP contribution in [0.1, 0.15) is 33.1 Å². The monoisotopic (exact) mass is 339 g/mol. The Morgan fingerprint density at radius 3 is 2.61 bits per heavy atom. The van der Waals surface area contributed by atoms with Crippen LogP contribution in [0.4, 0.5) is 0 Å². The van der Waals surface area contributed by atoms with E-state index in [4.69, 9.17) is 5.90 Å². The van der Waals surface area contributed by atoms with Gasteiger partial charge < -0.3 is 0 Å². The number of fused-ring (bicyclic) bond motifs is 3. The number of hydrogen-bond donors (Lipinski definition) is 1. The summed E-state index contributed by atoms with van der Waals surface area (Å²) in [5.74, 6) is 4.90. The van der Waals surface area contributed by atoms with Crippen molar-refractivity contribution in [3.8, 4) is 0 Å². The Bertz CT molecular complexity index is 479. The van der Waals surface area contributed by atoms with Crippen molar-refractivity contribution < 1.29 is 17.5 Å². The molecule has 0 heterocycles. The minimum Gasteiger partial charge on any atom is -0.298 e. The van der Waals surface area contributed by atoms with Crippen LogP contribution in [0, 0.1) is 16.7 Å². The van der Waals surface area contributed by atoms with Crippen LogP contribution in [0.5, 0.6) is 0 Å². The number of halogens is 1. The number of carbonyl (C=O) groups excluding carboxylic acids is 1. The number of nitrogens with two attached hydrogens (primary N) is 1. The predicted molar refractivity (Wildman–Crippen MR) is 70.3 cm³/mol. The minimum atomic E-state index is -3.72. The summed E-state index contributed by atoms with van der Waals surface area (Å²) in [6.45, 7) is 3.83. The van der Waals surface area contributed by atoms with E-state index in [9.17, 15) is 13.2 Å². The Morgan fingerprint density at radius 2 is 2.11 bits per heavy atom. The van der Waals surface area contributed by atoms with Gasteiger partial charge in [0.25, 0.3) is 10.1 Å². The number of Topliss-reactive ketones (excluding diaryl/α,β-unsaturated/α-hetero) is 1. The van der Waals surface area contributed by atoms with E-state index in [-0.39, 0.29) is 22.3 Å². The molecule has 104 valence electrons. The van der Waals surface area contributed by atoms with Crippen LogP contribution < -0.4 is 5.90 Å². The highest BCUT2D eigenvalue weighted by molar-refractivity contribution is 9.10. The zero-order chi connectivity index (χ0) is 13.8. The second kappa shape index (κ2) is 4.26. The molecule has 2 bridgehead atoms. The van der Waals surface area contributed by atoms with E-state index < -0.39 is 20.9 Å². The third kappa shape index (κ3) is 2.15. The van der Waals surface area contributed by atoms with E-state index in [2.05, 4.69) is 20.2 Å². The van der Waals surface area contributed by atoms with Crippen molar-refractivity contribution in [1.29, 1.82) is 0 Å². The SMILES string of the molecule is C[C@@]12CC[C@@H]([C@@H](Br)C1=O)[C@@](C)(CS(=O)(=O)ON)C2. The Hall–Kier alpha value is 0.0200. The maximum atomic E-state index is 12.2. The normalized spacial score (nSPS) is 44.3. The smallest absolute Gasteiger partial charge is 0.283 e. The average molecular weight is 340 g/mol. The molecule has 0 aromatic rings. The number of carbonyl (C=O) groups is 1. The first-order valence-corrected chi connectivity index (χ1v) is 8.42. The van der Waals surface area contributed by atoms with E-state index in [0.717, 1.165) is 12.8 Å². The van der Waals surface area contributed by atoms with Crippen molar-refractivity contribution in [1.82, 2.24) is 0 Å². The van der Waals surface area contributed by atoms with E-state index in [1.54, 1.807) is 0 Å². The van der Waals surface area contributed by atoms with Gasteiger partial charge in [0, 0.05) is 5.41 Å². The predicted octanol–water partition coefficient (Wildman–Crippen LogP) is 1.37. The molecule has 3 saturated carbocycles. The highest BCUT2D eigenvalue weighted by atomic mass is 79.9. The van der Waals surface area contributed by atoms with Crippen LogP contribution in [0.3, 0.4) is 0 Å². The first-order chi connectivity index (χ1) is 8.14. The molecule has 0 amide bonds. The van der Waals surface area contributed by atoms with Crippen LogP contribution in [0.15, 0.2) is 0 Å². The summed E-state index contributed by atoms with van der Waals surface area (Å²) in [6.07, 6.45) is 2.26. The molecule has 7 heteroatoms. The van der Waals surface area contributed by atoms with Crippen LogP contribution in [0.2, 0.25) is 0 Å². The van der Waals surface area contributed by atoms with E-state index in [1.807, 2.05) is 13.8 Å². The molecule has 3 aliphatic carbocycles. The summed E-state index contributed by atoms with van der Waals surface area (Å²) < 4.78 is 27.3. The Kier molecular flexibility index (Phi) is 3.42. The topological polar surface area (TPSA) is 86.5 Å². The fourth-order valence-electron chi connectivity index (χ4n) is 3.75. The molecule has 5 nitrogen and oxygen atoms in total. The van der Waals surface area contributed by atoms with Crippen molar-refractivity contribution >= 4 is 31.8 Å².